The highest BCUT2D eigenvalue weighted by Crippen LogP contribution is 2.37. The van der Waals surface area contributed by atoms with Crippen LogP contribution in [0.25, 0.3) is 10.1 Å². The van der Waals surface area contributed by atoms with E-state index in [0.717, 1.165) is 22.1 Å². The van der Waals surface area contributed by atoms with Gasteiger partial charge in [-0.15, -0.1) is 23.1 Å². The van der Waals surface area contributed by atoms with Gasteiger partial charge in [0.05, 0.1) is 0 Å². The molecule has 29 heavy (non-hydrogen) atoms. The molecule has 0 aliphatic carbocycles. The highest BCUT2D eigenvalue weighted by molar-refractivity contribution is 7.99. The van der Waals surface area contributed by atoms with Crippen LogP contribution < -0.4 is 0 Å². The third-order valence-electron chi connectivity index (χ3n) is 4.81. The Labute approximate surface area is 187 Å². The molecule has 0 fully saturated rings. The van der Waals surface area contributed by atoms with Gasteiger partial charge in [-0.3, -0.25) is 0 Å². The number of thioether (sulfide) groups is 1. The third-order valence-corrected chi connectivity index (χ3v) is 10.2. The lowest BCUT2D eigenvalue weighted by atomic mass is 10.2. The molecule has 3 nitrogen and oxygen atoms in total. The minimum Gasteiger partial charge on any atom is -0.206 e. The van der Waals surface area contributed by atoms with Gasteiger partial charge in [0.25, 0.3) is 10.0 Å². The van der Waals surface area contributed by atoms with Crippen LogP contribution in [0, 0.1) is 13.8 Å². The van der Waals surface area contributed by atoms with Gasteiger partial charge in [0.2, 0.25) is 0 Å². The van der Waals surface area contributed by atoms with Crippen LogP contribution in [0.2, 0.25) is 5.02 Å². The molecule has 3 aromatic rings. The number of thiophene rings is 1. The van der Waals surface area contributed by atoms with Gasteiger partial charge in [0.15, 0.2) is 0 Å². The van der Waals surface area contributed by atoms with E-state index in [1.54, 1.807) is 22.1 Å². The lowest BCUT2D eigenvalue weighted by Crippen LogP contribution is -2.40. The molecule has 0 spiro atoms. The fourth-order valence-electron chi connectivity index (χ4n) is 3.33. The Balaban J connectivity index is 1.89. The Bertz CT molecular complexity index is 1110. The Kier molecular flexibility index (Phi) is 7.33. The van der Waals surface area contributed by atoms with Crippen LogP contribution in [0.4, 0.5) is 0 Å². The Morgan fingerprint density at radius 1 is 1.17 bits per heavy atom. The molecule has 0 saturated carbocycles. The molecule has 0 bridgehead atoms. The maximum absolute atomic E-state index is 13.6. The summed E-state index contributed by atoms with van der Waals surface area (Å²) in [6.07, 6.45) is 0.772. The van der Waals surface area contributed by atoms with Crippen LogP contribution in [0.1, 0.15) is 31.4 Å². The average Bonchev–Trinajstić information content (AvgIpc) is 3.01. The van der Waals surface area contributed by atoms with Crippen LogP contribution in [-0.4, -0.2) is 31.1 Å². The molecule has 2 aromatic carbocycles. The molecule has 0 radical (unpaired) electrons. The van der Waals surface area contributed by atoms with E-state index in [1.165, 1.54) is 21.8 Å². The molecule has 1 aromatic heterocycles. The number of halogens is 1. The predicted octanol–water partition coefficient (Wildman–Crippen LogP) is 6.75. The molecular formula is C22H26ClNO2S3. The highest BCUT2D eigenvalue weighted by atomic mass is 35.5. The number of nitrogens with zero attached hydrogens (tertiary/aromatic N) is 1. The summed E-state index contributed by atoms with van der Waals surface area (Å²) in [4.78, 5) is 1.17. The van der Waals surface area contributed by atoms with Crippen molar-refractivity contribution in [3.05, 3.63) is 58.6 Å². The third kappa shape index (κ3) is 5.00. The van der Waals surface area contributed by atoms with Gasteiger partial charge in [-0.05, 0) is 68.5 Å². The smallest absolute Gasteiger partial charge is 0.206 e. The molecule has 0 aliphatic rings. The van der Waals surface area contributed by atoms with Crippen molar-refractivity contribution in [3.8, 4) is 0 Å². The van der Waals surface area contributed by atoms with Crippen molar-refractivity contribution >= 4 is 54.8 Å². The van der Waals surface area contributed by atoms with Crippen molar-refractivity contribution < 1.29 is 8.42 Å². The normalized spacial score (nSPS) is 13.3. The molecule has 0 amide bonds. The van der Waals surface area contributed by atoms with Crippen LogP contribution in [0.3, 0.4) is 0 Å². The lowest BCUT2D eigenvalue weighted by molar-refractivity contribution is 0.358. The topological polar surface area (TPSA) is 37.4 Å². The zero-order valence-electron chi connectivity index (χ0n) is 17.1. The van der Waals surface area contributed by atoms with Crippen LogP contribution in [-0.2, 0) is 10.0 Å². The average molecular weight is 468 g/mol. The largest absolute Gasteiger partial charge is 0.253 e. The van der Waals surface area contributed by atoms with Gasteiger partial charge in [-0.25, -0.2) is 8.42 Å². The molecule has 0 aliphatic heterocycles. The van der Waals surface area contributed by atoms with E-state index in [9.17, 15) is 8.42 Å². The van der Waals surface area contributed by atoms with E-state index in [0.29, 0.717) is 21.5 Å². The first-order chi connectivity index (χ1) is 13.7. The van der Waals surface area contributed by atoms with E-state index in [4.69, 9.17) is 11.6 Å². The summed E-state index contributed by atoms with van der Waals surface area (Å²) in [5.41, 5.74) is 1.99. The van der Waals surface area contributed by atoms with E-state index >= 15 is 0 Å². The number of fused-ring (bicyclic) bond motifs is 1. The summed E-state index contributed by atoms with van der Waals surface area (Å²) in [6.45, 7) is 8.46. The fraction of sp³-hybridized carbons (Fsp3) is 0.364. The first-order valence-electron chi connectivity index (χ1n) is 9.64. The Morgan fingerprint density at radius 3 is 2.62 bits per heavy atom. The molecule has 0 saturated heterocycles. The minimum atomic E-state index is -3.58. The van der Waals surface area contributed by atoms with Gasteiger partial charge in [0, 0.05) is 33.0 Å². The van der Waals surface area contributed by atoms with Crippen LogP contribution >= 0.6 is 34.7 Å². The quantitative estimate of drug-likeness (QED) is 0.343. The number of hydrogen-bond acceptors (Lipinski definition) is 4. The molecular weight excluding hydrogens is 442 g/mol. The first-order valence-corrected chi connectivity index (χ1v) is 13.3. The second kappa shape index (κ2) is 9.40. The van der Waals surface area contributed by atoms with Gasteiger partial charge in [-0.1, -0.05) is 36.2 Å². The molecule has 0 N–H and O–H groups in total. The minimum absolute atomic E-state index is 0.112. The van der Waals surface area contributed by atoms with Crippen molar-refractivity contribution in [1.82, 2.24) is 4.31 Å². The second-order valence-electron chi connectivity index (χ2n) is 7.25. The highest BCUT2D eigenvalue weighted by Gasteiger charge is 2.32. The molecule has 1 atom stereocenters. The van der Waals surface area contributed by atoms with Crippen molar-refractivity contribution in [2.24, 2.45) is 0 Å². The van der Waals surface area contributed by atoms with Crippen molar-refractivity contribution in [2.45, 2.75) is 49.3 Å². The van der Waals surface area contributed by atoms with Gasteiger partial charge >= 0.3 is 0 Å². The Morgan fingerprint density at radius 2 is 1.93 bits per heavy atom. The van der Waals surface area contributed by atoms with Crippen LogP contribution in [0.15, 0.2) is 51.6 Å². The zero-order valence-corrected chi connectivity index (χ0v) is 20.3. The van der Waals surface area contributed by atoms with Gasteiger partial charge in [0.1, 0.15) is 4.21 Å². The number of sulfonamides is 1. The lowest BCUT2D eigenvalue weighted by Gasteiger charge is -2.27. The van der Waals surface area contributed by atoms with E-state index < -0.39 is 10.0 Å². The van der Waals surface area contributed by atoms with Crippen molar-refractivity contribution in [2.75, 3.05) is 12.3 Å². The standard InChI is InChI=1S/C22H26ClNO2S3/c1-5-11-24(16(3)14-27-19-8-6-7-15(2)12-19)29(25,26)22-17(4)20-13-18(23)9-10-21(20)28-22/h6-10,12-13,16H,5,11,14H2,1-4H3. The van der Waals surface area contributed by atoms with E-state index in [2.05, 4.69) is 25.1 Å². The van der Waals surface area contributed by atoms with E-state index in [1.807, 2.05) is 39.0 Å². The zero-order chi connectivity index (χ0) is 21.2. The monoisotopic (exact) mass is 467 g/mol. The molecule has 156 valence electrons. The SMILES string of the molecule is CCCN(C(C)CSc1cccc(C)c1)S(=O)(=O)c1sc2ccc(Cl)cc2c1C. The summed E-state index contributed by atoms with van der Waals surface area (Å²) >= 11 is 9.16. The summed E-state index contributed by atoms with van der Waals surface area (Å²) in [5, 5.41) is 1.54. The Hall–Kier alpha value is -1.05. The summed E-state index contributed by atoms with van der Waals surface area (Å²) in [6, 6.07) is 13.8. The van der Waals surface area contributed by atoms with Gasteiger partial charge in [-0.2, -0.15) is 4.31 Å². The summed E-state index contributed by atoms with van der Waals surface area (Å²) in [7, 11) is -3.58. The second-order valence-corrected chi connectivity index (χ2v) is 11.9. The maximum Gasteiger partial charge on any atom is 0.253 e. The molecule has 1 unspecified atom stereocenters. The molecule has 3 rings (SSSR count). The van der Waals surface area contributed by atoms with Crippen LogP contribution in [0.5, 0.6) is 0 Å². The molecule has 7 heteroatoms. The number of benzene rings is 2. The van der Waals surface area contributed by atoms with Crippen molar-refractivity contribution in [3.63, 3.8) is 0 Å². The summed E-state index contributed by atoms with van der Waals surface area (Å²) in [5.74, 6) is 0.707. The summed E-state index contributed by atoms with van der Waals surface area (Å²) < 4.78 is 30.2. The van der Waals surface area contributed by atoms with E-state index in [-0.39, 0.29) is 6.04 Å². The maximum atomic E-state index is 13.6. The number of aryl methyl sites for hydroxylation is 2. The predicted molar refractivity (Wildman–Crippen MR) is 127 cm³/mol. The van der Waals surface area contributed by atoms with Crippen molar-refractivity contribution in [1.29, 1.82) is 0 Å². The number of rotatable bonds is 8. The fourth-order valence-corrected chi connectivity index (χ4v) is 8.23. The van der Waals surface area contributed by atoms with Gasteiger partial charge < -0.3 is 0 Å². The first kappa shape index (κ1) is 22.6. The molecule has 1 heterocycles. The number of hydrogen-bond donors (Lipinski definition) is 0.